The number of hydrogen-bond donors (Lipinski definition) is 4. The van der Waals surface area contributed by atoms with Crippen molar-refractivity contribution in [3.8, 4) is 0 Å². The number of unbranched alkanes of at least 4 members (excludes halogenated alkanes) is 27. The van der Waals surface area contributed by atoms with Crippen LogP contribution in [0.25, 0.3) is 0 Å². The molecule has 384 valence electrons. The summed E-state index contributed by atoms with van der Waals surface area (Å²) in [6.45, 7) is 3.35. The van der Waals surface area contributed by atoms with Gasteiger partial charge in [0.05, 0.1) is 13.2 Å². The molecule has 1 aliphatic heterocycles. The molecule has 6 unspecified atom stereocenters. The molecule has 1 saturated heterocycles. The summed E-state index contributed by atoms with van der Waals surface area (Å²) in [4.78, 5) is 25.5. The van der Waals surface area contributed by atoms with Crippen LogP contribution in [0.2, 0.25) is 0 Å². The first-order chi connectivity index (χ1) is 32.3. The Morgan fingerprint density at radius 3 is 1.35 bits per heavy atom. The Hall–Kier alpha value is -2.34. The van der Waals surface area contributed by atoms with Crippen LogP contribution in [0.15, 0.2) is 48.6 Å². The van der Waals surface area contributed by atoms with Gasteiger partial charge in [-0.3, -0.25) is 9.59 Å². The molecule has 0 amide bonds. The van der Waals surface area contributed by atoms with Gasteiger partial charge in [0.2, 0.25) is 0 Å². The minimum Gasteiger partial charge on any atom is -0.462 e. The van der Waals surface area contributed by atoms with Crippen LogP contribution in [-0.4, -0.2) is 89.0 Å². The standard InChI is InChI=1S/C56H100O10/c1-3-5-7-9-11-13-15-17-19-21-23-24-25-26-27-29-31-33-35-37-39-41-43-45-52(59)65-49(48-64-56-55(62)54(61)53(60)50(46-57)66-56)47-63-51(58)44-42-40-38-36-34-32-30-28-22-20-18-16-14-12-10-8-6-4-2/h5,7,11,13,17,19,23-24,49-50,53-57,60-62H,3-4,6,8-10,12,14-16,18,20-22,25-48H2,1-2H3/b7-5-,13-11-,19-17-,24-23-. The second-order valence-corrected chi connectivity index (χ2v) is 18.7. The zero-order valence-electron chi connectivity index (χ0n) is 42.2. The summed E-state index contributed by atoms with van der Waals surface area (Å²) in [5, 5.41) is 40.3. The van der Waals surface area contributed by atoms with E-state index < -0.39 is 49.4 Å². The van der Waals surface area contributed by atoms with Gasteiger partial charge >= 0.3 is 11.9 Å². The molecule has 10 heteroatoms. The van der Waals surface area contributed by atoms with E-state index in [1.807, 2.05) is 0 Å². The van der Waals surface area contributed by atoms with Gasteiger partial charge < -0.3 is 39.4 Å². The molecular weight excluding hydrogens is 833 g/mol. The third kappa shape index (κ3) is 36.7. The predicted octanol–water partition coefficient (Wildman–Crippen LogP) is 13.2. The van der Waals surface area contributed by atoms with E-state index in [4.69, 9.17) is 18.9 Å². The molecular formula is C56H100O10. The molecule has 66 heavy (non-hydrogen) atoms. The summed E-state index contributed by atoms with van der Waals surface area (Å²) < 4.78 is 22.3. The molecule has 0 aromatic carbocycles. The fourth-order valence-electron chi connectivity index (χ4n) is 8.24. The zero-order chi connectivity index (χ0) is 48.0. The normalized spacial score (nSPS) is 19.5. The van der Waals surface area contributed by atoms with Crippen LogP contribution in [0.4, 0.5) is 0 Å². The van der Waals surface area contributed by atoms with E-state index in [-0.39, 0.29) is 32.0 Å². The SMILES string of the molecule is CC/C=C\C/C=C\C/C=C\C/C=C\CCCCCCCCCCCCC(=O)OC(COC(=O)CCCCCCCCCCCCCCCCCCCC)COC1OC(CO)C(O)C(O)C1O. The summed E-state index contributed by atoms with van der Waals surface area (Å²) in [6.07, 6.45) is 49.7. The Morgan fingerprint density at radius 2 is 0.894 bits per heavy atom. The van der Waals surface area contributed by atoms with E-state index >= 15 is 0 Å². The van der Waals surface area contributed by atoms with Crippen LogP contribution >= 0.6 is 0 Å². The summed E-state index contributed by atoms with van der Waals surface area (Å²) in [7, 11) is 0. The Bertz CT molecular complexity index is 1210. The number of aliphatic hydroxyl groups excluding tert-OH is 4. The van der Waals surface area contributed by atoms with Gasteiger partial charge in [-0.1, -0.05) is 223 Å². The van der Waals surface area contributed by atoms with E-state index in [0.717, 1.165) is 70.6 Å². The van der Waals surface area contributed by atoms with E-state index in [9.17, 15) is 30.0 Å². The lowest BCUT2D eigenvalue weighted by molar-refractivity contribution is -0.305. The molecule has 1 aliphatic rings. The number of rotatable bonds is 46. The average Bonchev–Trinajstić information content (AvgIpc) is 3.32. The van der Waals surface area contributed by atoms with Crippen LogP contribution in [0.5, 0.6) is 0 Å². The van der Waals surface area contributed by atoms with Gasteiger partial charge in [-0.15, -0.1) is 0 Å². The number of hydrogen-bond acceptors (Lipinski definition) is 10. The third-order valence-electron chi connectivity index (χ3n) is 12.5. The second-order valence-electron chi connectivity index (χ2n) is 18.7. The highest BCUT2D eigenvalue weighted by molar-refractivity contribution is 5.70. The van der Waals surface area contributed by atoms with Gasteiger partial charge in [-0.2, -0.15) is 0 Å². The first kappa shape index (κ1) is 61.7. The molecule has 0 aromatic rings. The Morgan fingerprint density at radius 1 is 0.485 bits per heavy atom. The smallest absolute Gasteiger partial charge is 0.306 e. The van der Waals surface area contributed by atoms with Crippen molar-refractivity contribution >= 4 is 11.9 Å². The Labute approximate surface area is 403 Å². The number of carbonyl (C=O) groups excluding carboxylic acids is 2. The monoisotopic (exact) mass is 933 g/mol. The van der Waals surface area contributed by atoms with Gasteiger partial charge in [-0.25, -0.2) is 0 Å². The van der Waals surface area contributed by atoms with Crippen molar-refractivity contribution in [2.24, 2.45) is 0 Å². The fraction of sp³-hybridized carbons (Fsp3) is 0.821. The molecule has 1 heterocycles. The Balaban J connectivity index is 2.23. The van der Waals surface area contributed by atoms with E-state index in [1.54, 1.807) is 0 Å². The maximum atomic E-state index is 12.9. The summed E-state index contributed by atoms with van der Waals surface area (Å²) in [5.41, 5.74) is 0. The first-order valence-electron chi connectivity index (χ1n) is 27.2. The number of ether oxygens (including phenoxy) is 4. The van der Waals surface area contributed by atoms with Crippen LogP contribution in [-0.2, 0) is 28.5 Å². The maximum Gasteiger partial charge on any atom is 0.306 e. The average molecular weight is 933 g/mol. The van der Waals surface area contributed by atoms with Crippen LogP contribution < -0.4 is 0 Å². The minimum absolute atomic E-state index is 0.217. The number of carbonyl (C=O) groups is 2. The van der Waals surface area contributed by atoms with E-state index in [1.165, 1.54) is 135 Å². The lowest BCUT2D eigenvalue weighted by Gasteiger charge is -2.39. The lowest BCUT2D eigenvalue weighted by Crippen LogP contribution is -2.59. The first-order valence-corrected chi connectivity index (χ1v) is 27.2. The van der Waals surface area contributed by atoms with Gasteiger partial charge in [-0.05, 0) is 51.4 Å². The van der Waals surface area contributed by atoms with Crippen LogP contribution in [0, 0.1) is 0 Å². The fourth-order valence-corrected chi connectivity index (χ4v) is 8.24. The highest BCUT2D eigenvalue weighted by Crippen LogP contribution is 2.23. The van der Waals surface area contributed by atoms with Crippen molar-refractivity contribution < 1.29 is 49.0 Å². The highest BCUT2D eigenvalue weighted by atomic mass is 16.7. The molecule has 1 rings (SSSR count). The predicted molar refractivity (Wildman–Crippen MR) is 270 cm³/mol. The van der Waals surface area contributed by atoms with Gasteiger partial charge in [0.1, 0.15) is 31.0 Å². The zero-order valence-corrected chi connectivity index (χ0v) is 42.2. The van der Waals surface area contributed by atoms with Gasteiger partial charge in [0, 0.05) is 12.8 Å². The molecule has 0 bridgehead atoms. The third-order valence-corrected chi connectivity index (χ3v) is 12.5. The molecule has 0 aromatic heterocycles. The lowest BCUT2D eigenvalue weighted by atomic mass is 9.99. The molecule has 6 atom stereocenters. The van der Waals surface area contributed by atoms with E-state index in [0.29, 0.717) is 6.42 Å². The van der Waals surface area contributed by atoms with E-state index in [2.05, 4.69) is 62.5 Å². The maximum absolute atomic E-state index is 12.9. The molecule has 0 aliphatic carbocycles. The van der Waals surface area contributed by atoms with Crippen molar-refractivity contribution in [1.29, 1.82) is 0 Å². The van der Waals surface area contributed by atoms with Crippen molar-refractivity contribution in [1.82, 2.24) is 0 Å². The summed E-state index contributed by atoms with van der Waals surface area (Å²) in [6, 6.07) is 0. The number of allylic oxidation sites excluding steroid dienone is 8. The number of aliphatic hydroxyl groups is 4. The highest BCUT2D eigenvalue weighted by Gasteiger charge is 2.44. The second kappa shape index (κ2) is 46.4. The van der Waals surface area contributed by atoms with Gasteiger partial charge in [0.25, 0.3) is 0 Å². The minimum atomic E-state index is -1.60. The molecule has 1 fully saturated rings. The van der Waals surface area contributed by atoms with Crippen LogP contribution in [0.3, 0.4) is 0 Å². The van der Waals surface area contributed by atoms with Crippen LogP contribution in [0.1, 0.15) is 239 Å². The molecule has 10 nitrogen and oxygen atoms in total. The molecule has 4 N–H and O–H groups in total. The van der Waals surface area contributed by atoms with Crippen molar-refractivity contribution in [2.45, 2.75) is 275 Å². The largest absolute Gasteiger partial charge is 0.462 e. The molecule has 0 radical (unpaired) electrons. The molecule has 0 spiro atoms. The molecule has 0 saturated carbocycles. The quantitative estimate of drug-likeness (QED) is 0.0264. The van der Waals surface area contributed by atoms with Crippen molar-refractivity contribution in [3.63, 3.8) is 0 Å². The topological polar surface area (TPSA) is 152 Å². The number of esters is 2. The summed E-state index contributed by atoms with van der Waals surface area (Å²) in [5.74, 6) is -0.801. The Kier molecular flexibility index (Phi) is 43.4. The van der Waals surface area contributed by atoms with Crippen molar-refractivity contribution in [3.05, 3.63) is 48.6 Å². The van der Waals surface area contributed by atoms with Gasteiger partial charge in [0.15, 0.2) is 12.4 Å². The summed E-state index contributed by atoms with van der Waals surface area (Å²) >= 11 is 0. The van der Waals surface area contributed by atoms with Crippen molar-refractivity contribution in [2.75, 3.05) is 19.8 Å².